The molecular weight excluding hydrogens is 260 g/mol. The van der Waals surface area contributed by atoms with Crippen LogP contribution in [0.3, 0.4) is 0 Å². The Morgan fingerprint density at radius 3 is 2.74 bits per heavy atom. The molecule has 1 aliphatic heterocycles. The Balaban J connectivity index is 2.16. The number of rotatable bonds is 1. The molecule has 1 aliphatic rings. The van der Waals surface area contributed by atoms with E-state index in [0.29, 0.717) is 6.54 Å². The number of allylic oxidation sites excluding steroid dienone is 1. The number of hydrogen-bond donors (Lipinski definition) is 1. The van der Waals surface area contributed by atoms with Gasteiger partial charge in [-0.1, -0.05) is 18.2 Å². The number of hydrogen-bond acceptors (Lipinski definition) is 2. The summed E-state index contributed by atoms with van der Waals surface area (Å²) in [4.78, 5) is 3.36. The third kappa shape index (κ3) is 2.04. The molecule has 0 saturated heterocycles. The van der Waals surface area contributed by atoms with Crippen LogP contribution >= 0.6 is 0 Å². The predicted molar refractivity (Wildman–Crippen MR) is 77.2 cm³/mol. The van der Waals surface area contributed by atoms with E-state index in [2.05, 4.69) is 11.1 Å². The normalized spacial score (nSPS) is 16.1. The van der Waals surface area contributed by atoms with E-state index in [0.717, 1.165) is 23.3 Å². The molecule has 0 spiro atoms. The smallest absolute Gasteiger partial charge is 0.231 e. The zero-order chi connectivity index (χ0) is 13.6. The molecule has 0 unspecified atom stereocenters. The molecule has 19 heavy (non-hydrogen) atoms. The van der Waals surface area contributed by atoms with Crippen molar-refractivity contribution in [2.75, 3.05) is 12.8 Å². The van der Waals surface area contributed by atoms with Crippen molar-refractivity contribution in [3.8, 4) is 0 Å². The molecule has 1 aromatic carbocycles. The Bertz CT molecular complexity index is 772. The minimum Gasteiger partial charge on any atom is -0.355 e. The number of aromatic amines is 1. The zero-order valence-corrected chi connectivity index (χ0v) is 11.8. The van der Waals surface area contributed by atoms with Crippen LogP contribution in [-0.2, 0) is 16.4 Å². The largest absolute Gasteiger partial charge is 0.355 e. The van der Waals surface area contributed by atoms with Crippen molar-refractivity contribution in [1.29, 1.82) is 0 Å². The molecule has 2 aromatic rings. The highest BCUT2D eigenvalue weighted by Gasteiger charge is 2.22. The quantitative estimate of drug-likeness (QED) is 0.869. The van der Waals surface area contributed by atoms with Gasteiger partial charge in [-0.05, 0) is 31.1 Å². The van der Waals surface area contributed by atoms with Crippen molar-refractivity contribution in [1.82, 2.24) is 9.29 Å². The Kier molecular flexibility index (Phi) is 2.67. The molecule has 0 amide bonds. The van der Waals surface area contributed by atoms with Gasteiger partial charge in [0.15, 0.2) is 0 Å². The fourth-order valence-electron chi connectivity index (χ4n) is 2.71. The van der Waals surface area contributed by atoms with Gasteiger partial charge in [-0.3, -0.25) is 4.31 Å². The number of nitrogens with one attached hydrogen (secondary N) is 1. The summed E-state index contributed by atoms with van der Waals surface area (Å²) >= 11 is 0. The number of fused-ring (bicyclic) bond motifs is 3. The van der Waals surface area contributed by atoms with E-state index >= 15 is 0 Å². The summed E-state index contributed by atoms with van der Waals surface area (Å²) in [7, 11) is -3.20. The standard InChI is InChI=1S/C14H16N2O2S/c1-10-9-14-12(7-8-16(10)19(2,17)18)11-5-3-4-6-13(11)15-14/h3-6,9,15H,7-8H2,1-2H3. The molecule has 2 heterocycles. The van der Waals surface area contributed by atoms with E-state index in [1.54, 1.807) is 0 Å². The van der Waals surface area contributed by atoms with Gasteiger partial charge in [-0.2, -0.15) is 0 Å². The van der Waals surface area contributed by atoms with Gasteiger partial charge in [-0.25, -0.2) is 8.42 Å². The third-order valence-electron chi connectivity index (χ3n) is 3.56. The molecule has 0 saturated carbocycles. The van der Waals surface area contributed by atoms with E-state index < -0.39 is 10.0 Å². The summed E-state index contributed by atoms with van der Waals surface area (Å²) in [6, 6.07) is 8.12. The summed E-state index contributed by atoms with van der Waals surface area (Å²) in [5.41, 5.74) is 4.07. The highest BCUT2D eigenvalue weighted by atomic mass is 32.2. The van der Waals surface area contributed by atoms with Gasteiger partial charge >= 0.3 is 0 Å². The van der Waals surface area contributed by atoms with Gasteiger partial charge in [0.1, 0.15) is 0 Å². The number of nitrogens with zero attached hydrogens (tertiary/aromatic N) is 1. The van der Waals surface area contributed by atoms with Crippen LogP contribution in [0.5, 0.6) is 0 Å². The van der Waals surface area contributed by atoms with Crippen molar-refractivity contribution in [2.45, 2.75) is 13.3 Å². The lowest BCUT2D eigenvalue weighted by Gasteiger charge is -2.21. The molecule has 0 fully saturated rings. The van der Waals surface area contributed by atoms with Gasteiger partial charge in [-0.15, -0.1) is 0 Å². The van der Waals surface area contributed by atoms with Crippen molar-refractivity contribution < 1.29 is 8.42 Å². The monoisotopic (exact) mass is 276 g/mol. The average molecular weight is 276 g/mol. The van der Waals surface area contributed by atoms with Crippen LogP contribution in [0.4, 0.5) is 0 Å². The second-order valence-electron chi connectivity index (χ2n) is 4.93. The Morgan fingerprint density at radius 2 is 2.00 bits per heavy atom. The van der Waals surface area contributed by atoms with Crippen molar-refractivity contribution in [3.63, 3.8) is 0 Å². The second kappa shape index (κ2) is 4.13. The molecule has 1 aromatic heterocycles. The molecule has 5 heteroatoms. The molecule has 100 valence electrons. The lowest BCUT2D eigenvalue weighted by Crippen LogP contribution is -2.29. The molecule has 1 N–H and O–H groups in total. The SMILES string of the molecule is CC1=Cc2[nH]c3ccccc3c2CCN1S(C)(=O)=O. The average Bonchev–Trinajstić information content (AvgIpc) is 2.56. The Morgan fingerprint density at radius 1 is 1.26 bits per heavy atom. The first-order valence-corrected chi connectivity index (χ1v) is 8.07. The fraction of sp³-hybridized carbons (Fsp3) is 0.286. The molecule has 4 nitrogen and oxygen atoms in total. The number of para-hydroxylation sites is 1. The van der Waals surface area contributed by atoms with Crippen molar-refractivity contribution in [2.24, 2.45) is 0 Å². The lowest BCUT2D eigenvalue weighted by atomic mass is 10.1. The fourth-order valence-corrected chi connectivity index (χ4v) is 3.71. The van der Waals surface area contributed by atoms with Crippen LogP contribution in [0.1, 0.15) is 18.2 Å². The third-order valence-corrected chi connectivity index (χ3v) is 4.83. The van der Waals surface area contributed by atoms with E-state index in [9.17, 15) is 8.42 Å². The van der Waals surface area contributed by atoms with Crippen molar-refractivity contribution in [3.05, 3.63) is 41.2 Å². The van der Waals surface area contributed by atoms with Gasteiger partial charge in [0.05, 0.1) is 6.26 Å². The molecular formula is C14H16N2O2S. The minimum atomic E-state index is -3.20. The van der Waals surface area contributed by atoms with Gasteiger partial charge in [0.25, 0.3) is 0 Å². The molecule has 3 rings (SSSR count). The van der Waals surface area contributed by atoms with Crippen LogP contribution in [0.25, 0.3) is 17.0 Å². The topological polar surface area (TPSA) is 53.2 Å². The number of sulfonamides is 1. The Hall–Kier alpha value is -1.75. The first-order valence-electron chi connectivity index (χ1n) is 6.22. The number of aromatic nitrogens is 1. The van der Waals surface area contributed by atoms with Crippen LogP contribution in [0.15, 0.2) is 30.0 Å². The molecule has 0 atom stereocenters. The van der Waals surface area contributed by atoms with Crippen molar-refractivity contribution >= 4 is 27.0 Å². The maximum Gasteiger partial charge on any atom is 0.231 e. The number of benzene rings is 1. The van der Waals surface area contributed by atoms with Gasteiger partial charge in [0.2, 0.25) is 10.0 Å². The molecule has 0 radical (unpaired) electrons. The summed E-state index contributed by atoms with van der Waals surface area (Å²) < 4.78 is 25.0. The van der Waals surface area contributed by atoms with Crippen LogP contribution in [0, 0.1) is 0 Å². The molecule has 0 bridgehead atoms. The Labute approximate surface area is 112 Å². The second-order valence-corrected chi connectivity index (χ2v) is 6.84. The summed E-state index contributed by atoms with van der Waals surface area (Å²) in [5, 5.41) is 1.18. The van der Waals surface area contributed by atoms with Crippen LogP contribution in [0.2, 0.25) is 0 Å². The lowest BCUT2D eigenvalue weighted by molar-refractivity contribution is 0.488. The van der Waals surface area contributed by atoms with E-state index in [4.69, 9.17) is 0 Å². The minimum absolute atomic E-state index is 0.496. The highest BCUT2D eigenvalue weighted by Crippen LogP contribution is 2.28. The highest BCUT2D eigenvalue weighted by molar-refractivity contribution is 7.88. The first-order chi connectivity index (χ1) is 8.97. The van der Waals surface area contributed by atoms with Gasteiger partial charge < -0.3 is 4.98 Å². The summed E-state index contributed by atoms with van der Waals surface area (Å²) in [6.45, 7) is 2.33. The number of H-pyrrole nitrogens is 1. The predicted octanol–water partition coefficient (Wildman–Crippen LogP) is 2.35. The van der Waals surface area contributed by atoms with E-state index in [1.165, 1.54) is 21.5 Å². The maximum absolute atomic E-state index is 11.8. The summed E-state index contributed by atoms with van der Waals surface area (Å²) in [6.07, 6.45) is 3.89. The summed E-state index contributed by atoms with van der Waals surface area (Å²) in [5.74, 6) is 0. The first kappa shape index (κ1) is 12.3. The molecule has 0 aliphatic carbocycles. The van der Waals surface area contributed by atoms with Gasteiger partial charge in [0, 0.05) is 28.8 Å². The van der Waals surface area contributed by atoms with Crippen LogP contribution < -0.4 is 0 Å². The van der Waals surface area contributed by atoms with E-state index in [-0.39, 0.29) is 0 Å². The van der Waals surface area contributed by atoms with Crippen LogP contribution in [-0.4, -0.2) is 30.5 Å². The zero-order valence-electron chi connectivity index (χ0n) is 11.0. The maximum atomic E-state index is 11.8. The van der Waals surface area contributed by atoms with E-state index in [1.807, 2.05) is 31.2 Å².